The van der Waals surface area contributed by atoms with Crippen LogP contribution in [0.25, 0.3) is 0 Å². The lowest BCUT2D eigenvalue weighted by Crippen LogP contribution is -2.13. The fourth-order valence-electron chi connectivity index (χ4n) is 3.55. The fourth-order valence-corrected chi connectivity index (χ4v) is 3.55. The number of hydrogen-bond acceptors (Lipinski definition) is 0. The van der Waals surface area contributed by atoms with Crippen molar-refractivity contribution in [1.82, 2.24) is 0 Å². The molecule has 0 spiro atoms. The average molecular weight is 218 g/mol. The third-order valence-corrected chi connectivity index (χ3v) is 5.08. The quantitative estimate of drug-likeness (QED) is 0.593. The molecule has 0 bridgehead atoms. The van der Waals surface area contributed by atoms with Gasteiger partial charge in [-0.05, 0) is 51.2 Å². The van der Waals surface area contributed by atoms with Crippen molar-refractivity contribution in [1.29, 1.82) is 0 Å². The molecule has 0 heterocycles. The molecule has 0 N–H and O–H groups in total. The van der Waals surface area contributed by atoms with E-state index in [2.05, 4.69) is 27.7 Å². The zero-order valence-corrected chi connectivity index (χ0v) is 11.4. The Bertz CT molecular complexity index is 300. The molecule has 0 unspecified atom stereocenters. The van der Waals surface area contributed by atoms with Crippen LogP contribution in [0.5, 0.6) is 0 Å². The Kier molecular flexibility index (Phi) is 3.56. The Morgan fingerprint density at radius 1 is 0.812 bits per heavy atom. The van der Waals surface area contributed by atoms with Crippen LogP contribution in [0.15, 0.2) is 22.3 Å². The second kappa shape index (κ2) is 4.77. The Morgan fingerprint density at radius 2 is 1.31 bits per heavy atom. The first-order valence-corrected chi connectivity index (χ1v) is 6.96. The number of hydrogen-bond donors (Lipinski definition) is 0. The summed E-state index contributed by atoms with van der Waals surface area (Å²) < 4.78 is 0. The van der Waals surface area contributed by atoms with Gasteiger partial charge >= 0.3 is 0 Å². The third kappa shape index (κ3) is 2.12. The summed E-state index contributed by atoms with van der Waals surface area (Å²) in [5.74, 6) is 1.78. The van der Waals surface area contributed by atoms with Crippen molar-refractivity contribution in [2.75, 3.05) is 0 Å². The zero-order valence-electron chi connectivity index (χ0n) is 11.4. The van der Waals surface area contributed by atoms with Gasteiger partial charge in [0, 0.05) is 5.92 Å². The van der Waals surface area contributed by atoms with Crippen molar-refractivity contribution in [3.05, 3.63) is 22.3 Å². The van der Waals surface area contributed by atoms with Gasteiger partial charge < -0.3 is 0 Å². The highest BCUT2D eigenvalue weighted by Gasteiger charge is 2.27. The Morgan fingerprint density at radius 3 is 1.81 bits per heavy atom. The molecule has 1 fully saturated rings. The van der Waals surface area contributed by atoms with Crippen molar-refractivity contribution in [2.24, 2.45) is 11.8 Å². The summed E-state index contributed by atoms with van der Waals surface area (Å²) in [5, 5.41) is 0. The summed E-state index contributed by atoms with van der Waals surface area (Å²) in [7, 11) is 0. The van der Waals surface area contributed by atoms with Gasteiger partial charge in [0.2, 0.25) is 0 Å². The standard InChI is InChI=1S/C16H26/c1-11-12(2)14(4)16(13(11)3)10-15-8-6-5-7-9-15/h15-16H,5-10H2,1-4H3. The highest BCUT2D eigenvalue weighted by atomic mass is 14.3. The van der Waals surface area contributed by atoms with Crippen molar-refractivity contribution in [3.63, 3.8) is 0 Å². The van der Waals surface area contributed by atoms with Crippen LogP contribution in [-0.2, 0) is 0 Å². The maximum atomic E-state index is 2.35. The lowest BCUT2D eigenvalue weighted by molar-refractivity contribution is 0.317. The van der Waals surface area contributed by atoms with Crippen molar-refractivity contribution in [3.8, 4) is 0 Å². The molecule has 0 aliphatic heterocycles. The highest BCUT2D eigenvalue weighted by Crippen LogP contribution is 2.42. The molecule has 0 nitrogen and oxygen atoms in total. The minimum Gasteiger partial charge on any atom is -0.0630 e. The monoisotopic (exact) mass is 218 g/mol. The van der Waals surface area contributed by atoms with Gasteiger partial charge in [-0.2, -0.15) is 0 Å². The van der Waals surface area contributed by atoms with Gasteiger partial charge in [0.25, 0.3) is 0 Å². The van der Waals surface area contributed by atoms with Crippen LogP contribution in [0.3, 0.4) is 0 Å². The maximum Gasteiger partial charge on any atom is 0.00157 e. The molecule has 1 saturated carbocycles. The normalized spacial score (nSPS) is 24.8. The predicted octanol–water partition coefficient (Wildman–Crippen LogP) is 5.26. The van der Waals surface area contributed by atoms with E-state index in [-0.39, 0.29) is 0 Å². The van der Waals surface area contributed by atoms with Crippen LogP contribution < -0.4 is 0 Å². The molecule has 0 atom stereocenters. The van der Waals surface area contributed by atoms with E-state index >= 15 is 0 Å². The SMILES string of the molecule is CC1=C(C)C(CC2CCCCC2)C(C)=C1C. The molecular formula is C16H26. The van der Waals surface area contributed by atoms with Crippen molar-refractivity contribution < 1.29 is 0 Å². The molecule has 0 aromatic rings. The Hall–Kier alpha value is -0.520. The molecule has 90 valence electrons. The van der Waals surface area contributed by atoms with E-state index < -0.39 is 0 Å². The maximum absolute atomic E-state index is 2.35. The van der Waals surface area contributed by atoms with Crippen LogP contribution in [-0.4, -0.2) is 0 Å². The van der Waals surface area contributed by atoms with E-state index in [1.54, 1.807) is 22.3 Å². The van der Waals surface area contributed by atoms with Crippen molar-refractivity contribution in [2.45, 2.75) is 66.2 Å². The summed E-state index contributed by atoms with van der Waals surface area (Å²) >= 11 is 0. The lowest BCUT2D eigenvalue weighted by Gasteiger charge is -2.26. The lowest BCUT2D eigenvalue weighted by atomic mass is 9.79. The molecular weight excluding hydrogens is 192 g/mol. The molecule has 2 aliphatic carbocycles. The molecule has 0 saturated heterocycles. The van der Waals surface area contributed by atoms with Crippen LogP contribution in [0.2, 0.25) is 0 Å². The van der Waals surface area contributed by atoms with E-state index in [0.717, 1.165) is 11.8 Å². The van der Waals surface area contributed by atoms with Gasteiger partial charge in [0.15, 0.2) is 0 Å². The van der Waals surface area contributed by atoms with Crippen LogP contribution >= 0.6 is 0 Å². The first-order chi connectivity index (χ1) is 7.61. The molecule has 2 aliphatic rings. The third-order valence-electron chi connectivity index (χ3n) is 5.08. The van der Waals surface area contributed by atoms with Gasteiger partial charge in [0.05, 0.1) is 0 Å². The van der Waals surface area contributed by atoms with E-state index in [9.17, 15) is 0 Å². The van der Waals surface area contributed by atoms with Crippen LogP contribution in [0, 0.1) is 11.8 Å². The topological polar surface area (TPSA) is 0 Å². The Balaban J connectivity index is 2.05. The van der Waals surface area contributed by atoms with Crippen molar-refractivity contribution >= 4 is 0 Å². The van der Waals surface area contributed by atoms with E-state index in [1.165, 1.54) is 38.5 Å². The predicted molar refractivity (Wildman–Crippen MR) is 71.4 cm³/mol. The van der Waals surface area contributed by atoms with Gasteiger partial charge in [-0.25, -0.2) is 0 Å². The first kappa shape index (κ1) is 12.0. The van der Waals surface area contributed by atoms with Gasteiger partial charge in [-0.15, -0.1) is 0 Å². The summed E-state index contributed by atoms with van der Waals surface area (Å²) in [6.07, 6.45) is 8.81. The molecule has 2 rings (SSSR count). The first-order valence-electron chi connectivity index (χ1n) is 6.96. The highest BCUT2D eigenvalue weighted by molar-refractivity contribution is 5.46. The van der Waals surface area contributed by atoms with E-state index in [4.69, 9.17) is 0 Å². The second-order valence-corrected chi connectivity index (χ2v) is 5.91. The van der Waals surface area contributed by atoms with E-state index in [1.807, 2.05) is 0 Å². The minimum atomic E-state index is 0.781. The van der Waals surface area contributed by atoms with Crippen LogP contribution in [0.4, 0.5) is 0 Å². The fraction of sp³-hybridized carbons (Fsp3) is 0.750. The summed E-state index contributed by atoms with van der Waals surface area (Å²) in [5.41, 5.74) is 6.44. The zero-order chi connectivity index (χ0) is 11.7. The molecule has 0 amide bonds. The molecule has 16 heavy (non-hydrogen) atoms. The molecule has 0 radical (unpaired) electrons. The molecule has 0 heteroatoms. The smallest absolute Gasteiger partial charge is 0.00157 e. The second-order valence-electron chi connectivity index (χ2n) is 5.91. The van der Waals surface area contributed by atoms with Gasteiger partial charge in [0.1, 0.15) is 0 Å². The number of rotatable bonds is 2. The van der Waals surface area contributed by atoms with E-state index in [0.29, 0.717) is 0 Å². The van der Waals surface area contributed by atoms with Gasteiger partial charge in [-0.1, -0.05) is 43.3 Å². The van der Waals surface area contributed by atoms with Gasteiger partial charge in [-0.3, -0.25) is 0 Å². The Labute approximate surface area is 101 Å². The molecule has 0 aromatic carbocycles. The largest absolute Gasteiger partial charge is 0.0630 e. The summed E-state index contributed by atoms with van der Waals surface area (Å²) in [6.45, 7) is 9.30. The van der Waals surface area contributed by atoms with Crippen LogP contribution in [0.1, 0.15) is 66.2 Å². The number of allylic oxidation sites excluding steroid dienone is 4. The molecule has 0 aromatic heterocycles. The summed E-state index contributed by atoms with van der Waals surface area (Å²) in [4.78, 5) is 0. The minimum absolute atomic E-state index is 0.781. The summed E-state index contributed by atoms with van der Waals surface area (Å²) in [6, 6.07) is 0. The average Bonchev–Trinajstić information content (AvgIpc) is 2.48.